The molecule has 0 fully saturated rings. The van der Waals surface area contributed by atoms with E-state index in [1.165, 1.54) is 0 Å². The molecule has 0 atom stereocenters. The maximum absolute atomic E-state index is 13.8. The highest BCUT2D eigenvalue weighted by Gasteiger charge is 2.22. The average Bonchev–Trinajstić information content (AvgIpc) is 2.31. The van der Waals surface area contributed by atoms with E-state index in [-0.39, 0.29) is 23.6 Å². The van der Waals surface area contributed by atoms with Crippen LogP contribution >= 0.6 is 11.6 Å². The number of ether oxygens (including phenoxy) is 1. The van der Waals surface area contributed by atoms with Crippen LogP contribution in [-0.4, -0.2) is 17.6 Å². The zero-order valence-corrected chi connectivity index (χ0v) is 10.3. The summed E-state index contributed by atoms with van der Waals surface area (Å²) in [4.78, 5) is 14.6. The van der Waals surface area contributed by atoms with Gasteiger partial charge in [0, 0.05) is 17.6 Å². The number of carbonyl (C=O) groups is 1. The summed E-state index contributed by atoms with van der Waals surface area (Å²) < 4.78 is 43.4. The Morgan fingerprint density at radius 2 is 2.22 bits per heavy atom. The van der Waals surface area contributed by atoms with Gasteiger partial charge in [0.1, 0.15) is 5.69 Å². The molecule has 0 aromatic carbocycles. The zero-order chi connectivity index (χ0) is 13.7. The molecule has 0 saturated heterocycles. The van der Waals surface area contributed by atoms with Crippen LogP contribution in [0.3, 0.4) is 0 Å². The number of pyridine rings is 1. The molecule has 0 amide bonds. The van der Waals surface area contributed by atoms with Crippen molar-refractivity contribution in [2.45, 2.75) is 25.7 Å². The number of nitrogens with zero attached hydrogens (tertiary/aromatic N) is 1. The smallest absolute Gasteiger partial charge is 0.310 e. The molecule has 0 spiro atoms. The highest BCUT2D eigenvalue weighted by molar-refractivity contribution is 6.17. The van der Waals surface area contributed by atoms with Crippen LogP contribution < -0.4 is 0 Å². The highest BCUT2D eigenvalue weighted by Crippen LogP contribution is 2.25. The lowest BCUT2D eigenvalue weighted by Crippen LogP contribution is -2.13. The molecule has 18 heavy (non-hydrogen) atoms. The predicted octanol–water partition coefficient (Wildman–Crippen LogP) is 3.00. The Balaban J connectivity index is 3.13. The van der Waals surface area contributed by atoms with Gasteiger partial charge in [-0.15, -0.1) is 11.6 Å². The Morgan fingerprint density at radius 3 is 2.72 bits per heavy atom. The Hall–Kier alpha value is -1.30. The molecule has 1 rings (SSSR count). The number of halogens is 4. The molecule has 3 nitrogen and oxygen atoms in total. The summed E-state index contributed by atoms with van der Waals surface area (Å²) in [5, 5.41) is 0. The summed E-state index contributed by atoms with van der Waals surface area (Å²) in [5.41, 5.74) is -0.969. The quantitative estimate of drug-likeness (QED) is 0.615. The van der Waals surface area contributed by atoms with E-state index < -0.39 is 30.3 Å². The molecule has 0 saturated carbocycles. The molecule has 1 aromatic rings. The van der Waals surface area contributed by atoms with E-state index in [0.29, 0.717) is 0 Å². The molecule has 7 heteroatoms. The van der Waals surface area contributed by atoms with E-state index >= 15 is 0 Å². The van der Waals surface area contributed by atoms with Gasteiger partial charge in [0.05, 0.1) is 13.0 Å². The summed E-state index contributed by atoms with van der Waals surface area (Å²) in [6.45, 7) is 1.72. The first-order valence-corrected chi connectivity index (χ1v) is 5.70. The van der Waals surface area contributed by atoms with E-state index in [9.17, 15) is 18.0 Å². The molecule has 0 N–H and O–H groups in total. The van der Waals surface area contributed by atoms with Crippen molar-refractivity contribution >= 4 is 17.6 Å². The van der Waals surface area contributed by atoms with Gasteiger partial charge in [-0.25, -0.2) is 13.2 Å². The number of carbonyl (C=O) groups excluding carboxylic acids is 1. The van der Waals surface area contributed by atoms with Crippen molar-refractivity contribution in [3.63, 3.8) is 0 Å². The lowest BCUT2D eigenvalue weighted by Gasteiger charge is -2.10. The molecule has 0 aliphatic carbocycles. The van der Waals surface area contributed by atoms with Gasteiger partial charge in [-0.2, -0.15) is 0 Å². The molecule has 0 unspecified atom stereocenters. The third-order valence-corrected chi connectivity index (χ3v) is 2.50. The number of aromatic nitrogens is 1. The maximum Gasteiger partial charge on any atom is 0.310 e. The fourth-order valence-electron chi connectivity index (χ4n) is 1.39. The lowest BCUT2D eigenvalue weighted by atomic mass is 10.1. The normalized spacial score (nSPS) is 10.8. The monoisotopic (exact) mass is 281 g/mol. The number of hydrogen-bond donors (Lipinski definition) is 0. The third-order valence-electron chi connectivity index (χ3n) is 2.21. The summed E-state index contributed by atoms with van der Waals surface area (Å²) in [5.74, 6) is -2.02. The molecule has 100 valence electrons. The van der Waals surface area contributed by atoms with Gasteiger partial charge in [0.15, 0.2) is 5.82 Å². The predicted molar refractivity (Wildman–Crippen MR) is 59.0 cm³/mol. The summed E-state index contributed by atoms with van der Waals surface area (Å²) >= 11 is 5.55. The summed E-state index contributed by atoms with van der Waals surface area (Å²) in [7, 11) is 0. The van der Waals surface area contributed by atoms with Gasteiger partial charge < -0.3 is 4.74 Å². The van der Waals surface area contributed by atoms with Gasteiger partial charge >= 0.3 is 5.97 Å². The molecule has 0 bridgehead atoms. The lowest BCUT2D eigenvalue weighted by molar-refractivity contribution is -0.142. The standard InChI is InChI=1S/C11H11ClF3NO2/c1-2-18-8(17)3-7-6(4-12)5-16-10(9(7)13)11(14)15/h5,11H,2-4H2,1H3. The summed E-state index contributed by atoms with van der Waals surface area (Å²) in [6, 6.07) is 0. The molecular weight excluding hydrogens is 271 g/mol. The Bertz CT molecular complexity index is 441. The van der Waals surface area contributed by atoms with Crippen molar-refractivity contribution in [3.05, 3.63) is 28.8 Å². The number of rotatable bonds is 5. The molecule has 1 heterocycles. The molecule has 0 radical (unpaired) electrons. The first kappa shape index (κ1) is 14.8. The van der Waals surface area contributed by atoms with Crippen molar-refractivity contribution in [3.8, 4) is 0 Å². The second-order valence-corrected chi connectivity index (χ2v) is 3.64. The number of hydrogen-bond acceptors (Lipinski definition) is 3. The minimum absolute atomic E-state index is 0.123. The third kappa shape index (κ3) is 3.35. The van der Waals surface area contributed by atoms with Crippen molar-refractivity contribution < 1.29 is 22.7 Å². The minimum atomic E-state index is -3.05. The first-order valence-electron chi connectivity index (χ1n) is 5.17. The van der Waals surface area contributed by atoms with Crippen molar-refractivity contribution in [2.75, 3.05) is 6.61 Å². The molecular formula is C11H11ClF3NO2. The van der Waals surface area contributed by atoms with Crippen LogP contribution in [0.15, 0.2) is 6.20 Å². The van der Waals surface area contributed by atoms with Crippen LogP contribution in [0.2, 0.25) is 0 Å². The van der Waals surface area contributed by atoms with E-state index in [1.54, 1.807) is 6.92 Å². The van der Waals surface area contributed by atoms with Gasteiger partial charge in [0.2, 0.25) is 0 Å². The van der Waals surface area contributed by atoms with Crippen LogP contribution in [0.1, 0.15) is 30.2 Å². The molecule has 0 aliphatic heterocycles. The average molecular weight is 282 g/mol. The second-order valence-electron chi connectivity index (χ2n) is 3.38. The molecule has 1 aromatic heterocycles. The van der Waals surface area contributed by atoms with E-state index in [1.807, 2.05) is 0 Å². The maximum atomic E-state index is 13.8. The van der Waals surface area contributed by atoms with Crippen molar-refractivity contribution in [1.29, 1.82) is 0 Å². The van der Waals surface area contributed by atoms with E-state index in [4.69, 9.17) is 11.6 Å². The Kier molecular flexibility index (Phi) is 5.40. The number of alkyl halides is 3. The van der Waals surface area contributed by atoms with Gasteiger partial charge in [0.25, 0.3) is 6.43 Å². The fourth-order valence-corrected chi connectivity index (χ4v) is 1.62. The largest absolute Gasteiger partial charge is 0.466 e. The Labute approximate surface area is 107 Å². The zero-order valence-electron chi connectivity index (χ0n) is 9.55. The summed E-state index contributed by atoms with van der Waals surface area (Å²) in [6.07, 6.45) is -2.44. The van der Waals surface area contributed by atoms with Crippen LogP contribution in [0, 0.1) is 5.82 Å². The molecule has 0 aliphatic rings. The van der Waals surface area contributed by atoms with Gasteiger partial charge in [-0.05, 0) is 12.5 Å². The van der Waals surface area contributed by atoms with E-state index in [2.05, 4.69) is 9.72 Å². The van der Waals surface area contributed by atoms with Crippen molar-refractivity contribution in [1.82, 2.24) is 4.98 Å². The van der Waals surface area contributed by atoms with Crippen LogP contribution in [0.5, 0.6) is 0 Å². The topological polar surface area (TPSA) is 39.2 Å². The van der Waals surface area contributed by atoms with E-state index in [0.717, 1.165) is 6.20 Å². The first-order chi connectivity index (χ1) is 8.51. The fraction of sp³-hybridized carbons (Fsp3) is 0.455. The number of esters is 1. The van der Waals surface area contributed by atoms with Crippen LogP contribution in [-0.2, 0) is 21.8 Å². The minimum Gasteiger partial charge on any atom is -0.466 e. The van der Waals surface area contributed by atoms with Crippen LogP contribution in [0.4, 0.5) is 13.2 Å². The Morgan fingerprint density at radius 1 is 1.56 bits per heavy atom. The second kappa shape index (κ2) is 6.58. The van der Waals surface area contributed by atoms with Crippen LogP contribution in [0.25, 0.3) is 0 Å². The highest BCUT2D eigenvalue weighted by atomic mass is 35.5. The van der Waals surface area contributed by atoms with Crippen molar-refractivity contribution in [2.24, 2.45) is 0 Å². The SMILES string of the molecule is CCOC(=O)Cc1c(CCl)cnc(C(F)F)c1F. The van der Waals surface area contributed by atoms with Gasteiger partial charge in [-0.1, -0.05) is 0 Å². The van der Waals surface area contributed by atoms with Gasteiger partial charge in [-0.3, -0.25) is 9.78 Å².